The molecule has 0 radical (unpaired) electrons. The number of fused-ring (bicyclic) bond motifs is 1. The van der Waals surface area contributed by atoms with Gasteiger partial charge in [-0.1, -0.05) is 11.6 Å². The normalized spacial score (nSPS) is 11.5. The number of ether oxygens (including phenoxy) is 1. The summed E-state index contributed by atoms with van der Waals surface area (Å²) in [6.07, 6.45) is 3.71. The molecule has 3 rings (SSSR count). The smallest absolute Gasteiger partial charge is 0.247 e. The van der Waals surface area contributed by atoms with Gasteiger partial charge in [-0.3, -0.25) is 0 Å². The monoisotopic (exact) mass is 365 g/mol. The number of hydrogen-bond acceptors (Lipinski definition) is 8. The second kappa shape index (κ2) is 6.17. The van der Waals surface area contributed by atoms with Gasteiger partial charge in [0.05, 0.1) is 18.3 Å². The van der Waals surface area contributed by atoms with Crippen molar-refractivity contribution >= 4 is 44.0 Å². The van der Waals surface area contributed by atoms with Crippen LogP contribution >= 0.6 is 11.6 Å². The predicted octanol–water partition coefficient (Wildman–Crippen LogP) is 2.23. The lowest BCUT2D eigenvalue weighted by atomic mass is 10.3. The maximum absolute atomic E-state index is 11.6. The van der Waals surface area contributed by atoms with Crippen LogP contribution in [0.5, 0.6) is 5.75 Å². The Morgan fingerprint density at radius 1 is 1.21 bits per heavy atom. The first-order chi connectivity index (χ1) is 11.4. The van der Waals surface area contributed by atoms with Crippen molar-refractivity contribution < 1.29 is 13.2 Å². The van der Waals surface area contributed by atoms with Crippen LogP contribution in [-0.4, -0.2) is 41.7 Å². The summed E-state index contributed by atoms with van der Waals surface area (Å²) in [6, 6.07) is 5.11. The van der Waals surface area contributed by atoms with Crippen LogP contribution in [0, 0.1) is 0 Å². The third-order valence-electron chi connectivity index (χ3n) is 3.10. The highest BCUT2D eigenvalue weighted by Crippen LogP contribution is 2.29. The van der Waals surface area contributed by atoms with Gasteiger partial charge < -0.3 is 10.1 Å². The Balaban J connectivity index is 2.07. The number of nitrogens with one attached hydrogen (secondary N) is 1. The van der Waals surface area contributed by atoms with Crippen LogP contribution in [0.2, 0.25) is 5.02 Å². The van der Waals surface area contributed by atoms with Gasteiger partial charge in [-0.2, -0.15) is 0 Å². The molecule has 10 heteroatoms. The number of benzene rings is 1. The van der Waals surface area contributed by atoms with Crippen molar-refractivity contribution in [3.63, 3.8) is 0 Å². The molecule has 0 unspecified atom stereocenters. The van der Waals surface area contributed by atoms with Crippen molar-refractivity contribution in [2.45, 2.75) is 5.16 Å². The van der Waals surface area contributed by atoms with E-state index in [0.717, 1.165) is 6.26 Å². The van der Waals surface area contributed by atoms with Crippen molar-refractivity contribution in [3.8, 4) is 5.75 Å². The third kappa shape index (κ3) is 3.22. The fraction of sp³-hybridized carbons (Fsp3) is 0.143. The zero-order chi connectivity index (χ0) is 17.3. The van der Waals surface area contributed by atoms with Crippen molar-refractivity contribution in [3.05, 3.63) is 35.7 Å². The number of halogens is 1. The van der Waals surface area contributed by atoms with Gasteiger partial charge in [0, 0.05) is 11.9 Å². The standard InChI is InChI=1S/C14H12ClN5O3S/c1-23-11-4-3-8(5-9(11)15)19-13-12-10(17-7-18-13)6-16-14(20-12)24(2,21)22/h3-7H,1-2H3,(H,17,18,19). The number of nitrogens with zero attached hydrogens (tertiary/aromatic N) is 4. The Morgan fingerprint density at radius 3 is 2.67 bits per heavy atom. The van der Waals surface area contributed by atoms with Gasteiger partial charge in [-0.05, 0) is 18.2 Å². The maximum atomic E-state index is 11.6. The van der Waals surface area contributed by atoms with E-state index in [9.17, 15) is 8.42 Å². The molecule has 0 spiro atoms. The number of anilines is 2. The van der Waals surface area contributed by atoms with E-state index in [2.05, 4.69) is 25.3 Å². The number of hydrogen-bond donors (Lipinski definition) is 1. The van der Waals surface area contributed by atoms with Gasteiger partial charge >= 0.3 is 0 Å². The molecule has 2 aromatic heterocycles. The zero-order valence-corrected chi connectivity index (χ0v) is 14.3. The van der Waals surface area contributed by atoms with E-state index in [0.29, 0.717) is 33.3 Å². The summed E-state index contributed by atoms with van der Waals surface area (Å²) in [6.45, 7) is 0. The van der Waals surface area contributed by atoms with Crippen LogP contribution < -0.4 is 10.1 Å². The number of sulfone groups is 1. The van der Waals surface area contributed by atoms with Gasteiger partial charge in [-0.25, -0.2) is 28.4 Å². The molecule has 0 saturated heterocycles. The fourth-order valence-corrected chi connectivity index (χ4v) is 2.75. The largest absolute Gasteiger partial charge is 0.495 e. The molecule has 0 amide bonds. The van der Waals surface area contributed by atoms with Gasteiger partial charge in [0.1, 0.15) is 23.1 Å². The Labute approximate surface area is 142 Å². The second-order valence-corrected chi connectivity index (χ2v) is 7.17. The van der Waals surface area contributed by atoms with Gasteiger partial charge in [-0.15, -0.1) is 0 Å². The summed E-state index contributed by atoms with van der Waals surface area (Å²) >= 11 is 6.10. The summed E-state index contributed by atoms with van der Waals surface area (Å²) in [5.74, 6) is 0.880. The Hall–Kier alpha value is -2.52. The number of aromatic nitrogens is 4. The molecule has 0 aliphatic rings. The molecule has 0 bridgehead atoms. The summed E-state index contributed by atoms with van der Waals surface area (Å²) in [7, 11) is -2.02. The molecule has 0 saturated carbocycles. The lowest BCUT2D eigenvalue weighted by Gasteiger charge is -2.10. The van der Waals surface area contributed by atoms with Crippen LogP contribution in [0.3, 0.4) is 0 Å². The molecule has 3 aromatic rings. The summed E-state index contributed by atoms with van der Waals surface area (Å²) < 4.78 is 28.4. The van der Waals surface area contributed by atoms with E-state index < -0.39 is 9.84 Å². The maximum Gasteiger partial charge on any atom is 0.247 e. The summed E-state index contributed by atoms with van der Waals surface area (Å²) in [5.41, 5.74) is 1.35. The van der Waals surface area contributed by atoms with Gasteiger partial charge in [0.25, 0.3) is 0 Å². The van der Waals surface area contributed by atoms with E-state index in [4.69, 9.17) is 16.3 Å². The van der Waals surface area contributed by atoms with E-state index in [1.807, 2.05) is 0 Å². The minimum absolute atomic E-state index is 0.291. The predicted molar refractivity (Wildman–Crippen MR) is 89.5 cm³/mol. The molecular formula is C14H12ClN5O3S. The highest BCUT2D eigenvalue weighted by Gasteiger charge is 2.15. The molecule has 0 atom stereocenters. The van der Waals surface area contributed by atoms with E-state index in [1.54, 1.807) is 18.2 Å². The van der Waals surface area contributed by atoms with Crippen molar-refractivity contribution in [2.75, 3.05) is 18.7 Å². The van der Waals surface area contributed by atoms with Crippen LogP contribution in [0.25, 0.3) is 11.0 Å². The molecule has 24 heavy (non-hydrogen) atoms. The van der Waals surface area contributed by atoms with Crippen LogP contribution in [0.15, 0.2) is 35.9 Å². The van der Waals surface area contributed by atoms with Crippen LogP contribution in [0.4, 0.5) is 11.5 Å². The molecule has 1 aromatic carbocycles. The number of methoxy groups -OCH3 is 1. The van der Waals surface area contributed by atoms with Crippen molar-refractivity contribution in [1.82, 2.24) is 19.9 Å². The molecule has 1 N–H and O–H groups in total. The zero-order valence-electron chi connectivity index (χ0n) is 12.7. The average Bonchev–Trinajstić information content (AvgIpc) is 2.54. The molecular weight excluding hydrogens is 354 g/mol. The molecule has 0 aliphatic carbocycles. The summed E-state index contributed by atoms with van der Waals surface area (Å²) in [4.78, 5) is 16.0. The average molecular weight is 366 g/mol. The summed E-state index contributed by atoms with van der Waals surface area (Å²) in [5, 5.41) is 3.17. The van der Waals surface area contributed by atoms with E-state index >= 15 is 0 Å². The topological polar surface area (TPSA) is 107 Å². The Morgan fingerprint density at radius 2 is 2.00 bits per heavy atom. The third-order valence-corrected chi connectivity index (χ3v) is 4.26. The molecule has 0 aliphatic heterocycles. The second-order valence-electron chi connectivity index (χ2n) is 4.86. The minimum atomic E-state index is -3.54. The van der Waals surface area contributed by atoms with Gasteiger partial charge in [0.2, 0.25) is 15.0 Å². The SMILES string of the molecule is COc1ccc(Nc2ncnc3cnc(S(C)(=O)=O)nc23)cc1Cl. The highest BCUT2D eigenvalue weighted by atomic mass is 35.5. The minimum Gasteiger partial charge on any atom is -0.495 e. The molecule has 0 fully saturated rings. The Bertz CT molecular complexity index is 1030. The van der Waals surface area contributed by atoms with Crippen LogP contribution in [-0.2, 0) is 9.84 Å². The molecule has 2 heterocycles. The first-order valence-electron chi connectivity index (χ1n) is 6.67. The van der Waals surface area contributed by atoms with Gasteiger partial charge in [0.15, 0.2) is 5.82 Å². The van der Waals surface area contributed by atoms with E-state index in [-0.39, 0.29) is 5.16 Å². The lowest BCUT2D eigenvalue weighted by Crippen LogP contribution is -2.06. The number of rotatable bonds is 4. The molecule has 8 nitrogen and oxygen atoms in total. The van der Waals surface area contributed by atoms with E-state index in [1.165, 1.54) is 19.6 Å². The first kappa shape index (κ1) is 16.3. The first-order valence-corrected chi connectivity index (χ1v) is 8.94. The van der Waals surface area contributed by atoms with Crippen molar-refractivity contribution in [2.24, 2.45) is 0 Å². The fourth-order valence-electron chi connectivity index (χ4n) is 1.99. The highest BCUT2D eigenvalue weighted by molar-refractivity contribution is 7.90. The molecule has 124 valence electrons. The van der Waals surface area contributed by atoms with Crippen LogP contribution in [0.1, 0.15) is 0 Å². The Kier molecular flexibility index (Phi) is 4.20. The van der Waals surface area contributed by atoms with Crippen molar-refractivity contribution in [1.29, 1.82) is 0 Å². The quantitative estimate of drug-likeness (QED) is 0.701. The lowest BCUT2D eigenvalue weighted by molar-refractivity contribution is 0.415.